The van der Waals surface area contributed by atoms with Crippen LogP contribution in [0.3, 0.4) is 0 Å². The second-order valence-corrected chi connectivity index (χ2v) is 7.35. The Morgan fingerprint density at radius 3 is 2.62 bits per heavy atom. The summed E-state index contributed by atoms with van der Waals surface area (Å²) in [4.78, 5) is 11.8. The van der Waals surface area contributed by atoms with E-state index < -0.39 is 0 Å². The Morgan fingerprint density at radius 1 is 1.12 bits per heavy atom. The van der Waals surface area contributed by atoms with Gasteiger partial charge >= 0.3 is 0 Å². The molecule has 0 aliphatic heterocycles. The first-order chi connectivity index (χ1) is 11.3. The number of carbonyl (C=O) groups excluding carboxylic acids is 1. The number of halogens is 1. The molecule has 0 aliphatic carbocycles. The number of nitrogens with zero attached hydrogens (tertiary/aromatic N) is 2. The summed E-state index contributed by atoms with van der Waals surface area (Å²) < 4.78 is 0.868. The molecule has 8 heteroatoms. The summed E-state index contributed by atoms with van der Waals surface area (Å²) in [5.41, 5.74) is 6.69. The molecule has 1 aromatic heterocycles. The summed E-state index contributed by atoms with van der Waals surface area (Å²) in [5.74, 6) is 0.860. The maximum atomic E-state index is 11.8. The summed E-state index contributed by atoms with van der Waals surface area (Å²) in [6, 6.07) is 10.2. The molecule has 0 atom stereocenters. The van der Waals surface area contributed by atoms with Crippen LogP contribution in [0.5, 0.6) is 0 Å². The van der Waals surface area contributed by atoms with Crippen molar-refractivity contribution in [1.82, 2.24) is 10.2 Å². The minimum Gasteiger partial charge on any atom is -0.330 e. The molecule has 0 aliphatic rings. The van der Waals surface area contributed by atoms with Gasteiger partial charge in [-0.05, 0) is 24.9 Å². The van der Waals surface area contributed by atoms with Crippen LogP contribution in [-0.4, -0.2) is 22.6 Å². The van der Waals surface area contributed by atoms with E-state index in [4.69, 9.17) is 5.73 Å². The van der Waals surface area contributed by atoms with Gasteiger partial charge in [0.15, 0.2) is 4.34 Å². The molecule has 3 N–H and O–H groups in total. The third-order valence-electron chi connectivity index (χ3n) is 3.22. The number of rotatable bonds is 10. The molecule has 0 unspecified atom stereocenters. The number of hydrogen-bond donors (Lipinski definition) is 2. The van der Waals surface area contributed by atoms with Gasteiger partial charge in [-0.15, -0.1) is 22.6 Å². The summed E-state index contributed by atoms with van der Waals surface area (Å²) in [6.45, 7) is 0.723. The van der Waals surface area contributed by atoms with E-state index in [0.717, 1.165) is 42.3 Å². The van der Waals surface area contributed by atoms with Crippen LogP contribution in [0.4, 0.5) is 5.13 Å². The first kappa shape index (κ1) is 20.9. The molecule has 132 valence electrons. The van der Waals surface area contributed by atoms with Crippen LogP contribution in [-0.2, 0) is 10.5 Å². The zero-order chi connectivity index (χ0) is 16.3. The Bertz CT molecular complexity index is 595. The lowest BCUT2D eigenvalue weighted by molar-refractivity contribution is -0.116. The van der Waals surface area contributed by atoms with Gasteiger partial charge < -0.3 is 11.1 Å². The molecular formula is C16H23ClN4OS2. The van der Waals surface area contributed by atoms with Gasteiger partial charge in [0.05, 0.1) is 0 Å². The topological polar surface area (TPSA) is 80.9 Å². The molecule has 0 radical (unpaired) electrons. The van der Waals surface area contributed by atoms with Gasteiger partial charge in [0, 0.05) is 12.2 Å². The smallest absolute Gasteiger partial charge is 0.226 e. The zero-order valence-corrected chi connectivity index (χ0v) is 15.9. The van der Waals surface area contributed by atoms with Gasteiger partial charge in [0.2, 0.25) is 11.0 Å². The van der Waals surface area contributed by atoms with Crippen LogP contribution in [0.25, 0.3) is 0 Å². The number of thioether (sulfide) groups is 1. The SMILES string of the molecule is Cl.NCCCCCCC(=O)Nc1nnc(SCc2ccccc2)s1. The van der Waals surface area contributed by atoms with Crippen molar-refractivity contribution in [1.29, 1.82) is 0 Å². The molecule has 2 rings (SSSR count). The second kappa shape index (κ2) is 12.2. The number of carbonyl (C=O) groups is 1. The van der Waals surface area contributed by atoms with Crippen molar-refractivity contribution in [3.8, 4) is 0 Å². The summed E-state index contributed by atoms with van der Waals surface area (Å²) in [6.07, 6.45) is 4.57. The minimum absolute atomic E-state index is 0. The molecular weight excluding hydrogens is 364 g/mol. The third-order valence-corrected chi connectivity index (χ3v) is 5.26. The molecule has 24 heavy (non-hydrogen) atoms. The van der Waals surface area contributed by atoms with Crippen molar-refractivity contribution in [2.45, 2.75) is 42.2 Å². The number of aromatic nitrogens is 2. The number of nitrogens with two attached hydrogens (primary N) is 1. The van der Waals surface area contributed by atoms with Crippen LogP contribution >= 0.6 is 35.5 Å². The molecule has 2 aromatic rings. The lowest BCUT2D eigenvalue weighted by Gasteiger charge is -2.01. The standard InChI is InChI=1S/C16H22N4OS2.ClH/c17-11-7-2-1-6-10-14(21)18-15-19-20-16(23-15)22-12-13-8-4-3-5-9-13;/h3-5,8-9H,1-2,6-7,10-12,17H2,(H,18,19,21);1H. The van der Waals surface area contributed by atoms with Gasteiger partial charge in [-0.3, -0.25) is 4.79 Å². The highest BCUT2D eigenvalue weighted by Crippen LogP contribution is 2.28. The molecule has 0 saturated carbocycles. The van der Waals surface area contributed by atoms with Gasteiger partial charge in [-0.25, -0.2) is 0 Å². The van der Waals surface area contributed by atoms with Gasteiger partial charge in [0.1, 0.15) is 0 Å². The third kappa shape index (κ3) is 8.10. The van der Waals surface area contributed by atoms with E-state index in [1.54, 1.807) is 11.8 Å². The predicted octanol–water partition coefficient (Wildman–Crippen LogP) is 4.10. The lowest BCUT2D eigenvalue weighted by Crippen LogP contribution is -2.10. The van der Waals surface area contributed by atoms with E-state index in [9.17, 15) is 4.79 Å². The van der Waals surface area contributed by atoms with E-state index in [1.807, 2.05) is 18.2 Å². The molecule has 1 aromatic carbocycles. The van der Waals surface area contributed by atoms with Gasteiger partial charge in [0.25, 0.3) is 0 Å². The van der Waals surface area contributed by atoms with E-state index in [-0.39, 0.29) is 18.3 Å². The number of unbranched alkanes of at least 4 members (excludes halogenated alkanes) is 3. The fraction of sp³-hybridized carbons (Fsp3) is 0.438. The summed E-state index contributed by atoms with van der Waals surface area (Å²) in [7, 11) is 0. The quantitative estimate of drug-likeness (QED) is 0.365. The van der Waals surface area contributed by atoms with E-state index in [2.05, 4.69) is 27.6 Å². The maximum Gasteiger partial charge on any atom is 0.226 e. The Labute approximate surface area is 157 Å². The first-order valence-electron chi connectivity index (χ1n) is 7.78. The van der Waals surface area contributed by atoms with E-state index in [1.165, 1.54) is 16.9 Å². The average molecular weight is 387 g/mol. The molecule has 5 nitrogen and oxygen atoms in total. The number of amides is 1. The van der Waals surface area contributed by atoms with Crippen LogP contribution in [0.2, 0.25) is 0 Å². The predicted molar refractivity (Wildman–Crippen MR) is 104 cm³/mol. The monoisotopic (exact) mass is 386 g/mol. The Hall–Kier alpha value is -1.15. The zero-order valence-electron chi connectivity index (χ0n) is 13.4. The first-order valence-corrected chi connectivity index (χ1v) is 9.58. The number of anilines is 1. The van der Waals surface area contributed by atoms with Crippen molar-refractivity contribution in [2.24, 2.45) is 5.73 Å². The summed E-state index contributed by atoms with van der Waals surface area (Å²) in [5, 5.41) is 11.5. The molecule has 0 fully saturated rings. The van der Waals surface area contributed by atoms with Crippen molar-refractivity contribution < 1.29 is 4.79 Å². The highest BCUT2D eigenvalue weighted by molar-refractivity contribution is 8.00. The Morgan fingerprint density at radius 2 is 1.88 bits per heavy atom. The molecule has 0 spiro atoms. The highest BCUT2D eigenvalue weighted by Gasteiger charge is 2.08. The van der Waals surface area contributed by atoms with Crippen molar-refractivity contribution >= 4 is 46.5 Å². The maximum absolute atomic E-state index is 11.8. The molecule has 0 saturated heterocycles. The molecule has 1 amide bonds. The normalized spacial score (nSPS) is 10.2. The van der Waals surface area contributed by atoms with Crippen molar-refractivity contribution in [3.05, 3.63) is 35.9 Å². The van der Waals surface area contributed by atoms with E-state index in [0.29, 0.717) is 11.6 Å². The fourth-order valence-corrected chi connectivity index (χ4v) is 3.73. The van der Waals surface area contributed by atoms with Gasteiger partial charge in [-0.1, -0.05) is 66.3 Å². The van der Waals surface area contributed by atoms with Crippen LogP contribution in [0, 0.1) is 0 Å². The fourth-order valence-electron chi connectivity index (χ4n) is 2.00. The number of benzene rings is 1. The van der Waals surface area contributed by atoms with Crippen LogP contribution < -0.4 is 11.1 Å². The lowest BCUT2D eigenvalue weighted by atomic mass is 10.1. The van der Waals surface area contributed by atoms with Crippen LogP contribution in [0.15, 0.2) is 34.7 Å². The number of hydrogen-bond acceptors (Lipinski definition) is 6. The van der Waals surface area contributed by atoms with Gasteiger partial charge in [-0.2, -0.15) is 0 Å². The summed E-state index contributed by atoms with van der Waals surface area (Å²) >= 11 is 3.05. The minimum atomic E-state index is 0. The largest absolute Gasteiger partial charge is 0.330 e. The van der Waals surface area contributed by atoms with E-state index >= 15 is 0 Å². The molecule has 1 heterocycles. The Kier molecular flexibility index (Phi) is 10.7. The molecule has 0 bridgehead atoms. The number of nitrogens with one attached hydrogen (secondary N) is 1. The Balaban J connectivity index is 0.00000288. The average Bonchev–Trinajstić information content (AvgIpc) is 3.01. The van der Waals surface area contributed by atoms with Crippen molar-refractivity contribution in [2.75, 3.05) is 11.9 Å². The van der Waals surface area contributed by atoms with Crippen molar-refractivity contribution in [3.63, 3.8) is 0 Å². The highest BCUT2D eigenvalue weighted by atomic mass is 35.5. The van der Waals surface area contributed by atoms with Crippen LogP contribution in [0.1, 0.15) is 37.7 Å². The second-order valence-electron chi connectivity index (χ2n) is 5.15.